The Bertz CT molecular complexity index is 860. The number of anilines is 1. The van der Waals surface area contributed by atoms with E-state index in [1.807, 2.05) is 5.32 Å². The van der Waals surface area contributed by atoms with E-state index in [2.05, 4.69) is 15.3 Å². The minimum atomic E-state index is -4.68. The number of aromatic nitrogens is 1. The van der Waals surface area contributed by atoms with Gasteiger partial charge in [0, 0.05) is 6.20 Å². The normalized spacial score (nSPS) is 22.8. The smallest absolute Gasteiger partial charge is 0.384 e. The molecule has 1 saturated heterocycles. The zero-order valence-electron chi connectivity index (χ0n) is 17.5. The number of carbonyl (C=O) groups is 3. The Hall–Kier alpha value is -2.89. The van der Waals surface area contributed by atoms with E-state index < -0.39 is 47.9 Å². The number of hydrogen-bond donors (Lipinski definition) is 3. The van der Waals surface area contributed by atoms with E-state index in [1.54, 1.807) is 6.07 Å². The summed E-state index contributed by atoms with van der Waals surface area (Å²) in [4.78, 5) is 46.9. The van der Waals surface area contributed by atoms with Crippen molar-refractivity contribution < 1.29 is 32.4 Å². The lowest BCUT2D eigenvalue weighted by Gasteiger charge is -2.45. The second-order valence-electron chi connectivity index (χ2n) is 8.09. The van der Waals surface area contributed by atoms with Crippen LogP contribution in [0, 0.1) is 11.8 Å². The van der Waals surface area contributed by atoms with Crippen LogP contribution in [0.4, 0.5) is 23.8 Å². The first-order valence-electron chi connectivity index (χ1n) is 10.4. The second kappa shape index (κ2) is 9.72. The first kappa shape index (κ1) is 23.8. The number of likely N-dealkylation sites (tertiary alicyclic amines) is 1. The zero-order valence-corrected chi connectivity index (χ0v) is 17.5. The van der Waals surface area contributed by atoms with Crippen molar-refractivity contribution in [3.05, 3.63) is 23.9 Å². The lowest BCUT2D eigenvalue weighted by atomic mass is 9.81. The highest BCUT2D eigenvalue weighted by Crippen LogP contribution is 2.36. The van der Waals surface area contributed by atoms with Crippen molar-refractivity contribution in [2.45, 2.75) is 56.8 Å². The van der Waals surface area contributed by atoms with Crippen molar-refractivity contribution in [1.29, 1.82) is 0 Å². The summed E-state index contributed by atoms with van der Waals surface area (Å²) < 4.78 is 41.1. The molecule has 2 fully saturated rings. The maximum atomic E-state index is 13.7. The van der Waals surface area contributed by atoms with Crippen LogP contribution in [0.1, 0.15) is 37.7 Å². The van der Waals surface area contributed by atoms with Gasteiger partial charge in [-0.25, -0.2) is 15.3 Å². The van der Waals surface area contributed by atoms with E-state index in [-0.39, 0.29) is 12.2 Å². The number of rotatable bonds is 6. The molecule has 2 heterocycles. The number of β-lactam (4-membered cyclic amide) rings is 1. The minimum absolute atomic E-state index is 0.0580. The van der Waals surface area contributed by atoms with Crippen molar-refractivity contribution in [2.24, 2.45) is 11.8 Å². The summed E-state index contributed by atoms with van der Waals surface area (Å²) in [5, 5.41) is 1.97. The van der Waals surface area contributed by atoms with Gasteiger partial charge in [-0.2, -0.15) is 13.2 Å². The quantitative estimate of drug-likeness (QED) is 0.443. The van der Waals surface area contributed by atoms with Gasteiger partial charge in [0.05, 0.1) is 13.0 Å². The molecule has 1 aromatic heterocycles. The molecule has 0 aromatic carbocycles. The van der Waals surface area contributed by atoms with E-state index in [4.69, 9.17) is 5.73 Å². The summed E-state index contributed by atoms with van der Waals surface area (Å²) in [5.41, 5.74) is 8.29. The first-order valence-corrected chi connectivity index (χ1v) is 10.4. The molecule has 3 rings (SSSR count). The molecule has 1 saturated carbocycles. The van der Waals surface area contributed by atoms with Gasteiger partial charge in [0.15, 0.2) is 0 Å². The highest BCUT2D eigenvalue weighted by Gasteiger charge is 2.56. The van der Waals surface area contributed by atoms with Crippen LogP contribution in [0.2, 0.25) is 0 Å². The molecule has 32 heavy (non-hydrogen) atoms. The predicted octanol–water partition coefficient (Wildman–Crippen LogP) is 1.93. The molecular formula is C20H26F3N5O4. The fourth-order valence-corrected chi connectivity index (χ4v) is 4.45. The largest absolute Gasteiger partial charge is 0.408 e. The van der Waals surface area contributed by atoms with Crippen LogP contribution in [0.5, 0.6) is 0 Å². The van der Waals surface area contributed by atoms with Gasteiger partial charge in [-0.1, -0.05) is 19.3 Å². The number of amides is 4. The lowest BCUT2D eigenvalue weighted by Crippen LogP contribution is -2.71. The fourth-order valence-electron chi connectivity index (χ4n) is 4.45. The molecule has 1 unspecified atom stereocenters. The molecule has 3 atom stereocenters. The summed E-state index contributed by atoms with van der Waals surface area (Å²) >= 11 is 0. The van der Waals surface area contributed by atoms with Gasteiger partial charge >= 0.3 is 12.2 Å². The van der Waals surface area contributed by atoms with E-state index in [0.29, 0.717) is 36.1 Å². The predicted molar refractivity (Wildman–Crippen MR) is 107 cm³/mol. The van der Waals surface area contributed by atoms with Crippen LogP contribution in [0.25, 0.3) is 0 Å². The number of pyridine rings is 1. The molecule has 4 N–H and O–H groups in total. The molecule has 2 aliphatic rings. The molecule has 1 aliphatic carbocycles. The molecule has 4 amide bonds. The van der Waals surface area contributed by atoms with Crippen LogP contribution < -0.4 is 16.5 Å². The van der Waals surface area contributed by atoms with E-state index in [1.165, 1.54) is 19.4 Å². The van der Waals surface area contributed by atoms with Gasteiger partial charge in [0.1, 0.15) is 17.9 Å². The van der Waals surface area contributed by atoms with Crippen molar-refractivity contribution in [1.82, 2.24) is 20.7 Å². The molecule has 1 aliphatic heterocycles. The number of nitrogens with zero attached hydrogens (tertiary/aromatic N) is 2. The Morgan fingerprint density at radius 2 is 2.00 bits per heavy atom. The summed E-state index contributed by atoms with van der Waals surface area (Å²) in [6.45, 7) is 0. The fraction of sp³-hybridized carbons (Fsp3) is 0.600. The number of hydroxylamine groups is 1. The molecular weight excluding hydrogens is 431 g/mol. The monoisotopic (exact) mass is 457 g/mol. The van der Waals surface area contributed by atoms with Gasteiger partial charge in [-0.05, 0) is 42.9 Å². The van der Waals surface area contributed by atoms with Crippen LogP contribution >= 0.6 is 0 Å². The zero-order chi connectivity index (χ0) is 23.5. The number of nitrogens with two attached hydrogens (primary N) is 1. The average molecular weight is 457 g/mol. The Balaban J connectivity index is 1.78. The maximum Gasteiger partial charge on any atom is 0.408 e. The van der Waals surface area contributed by atoms with Crippen molar-refractivity contribution >= 4 is 23.7 Å². The first-order chi connectivity index (χ1) is 15.1. The number of halogens is 3. The molecule has 0 spiro atoms. The highest BCUT2D eigenvalue weighted by atomic mass is 19.4. The highest BCUT2D eigenvalue weighted by molar-refractivity contribution is 6.08. The average Bonchev–Trinajstić information content (AvgIpc) is 2.73. The molecule has 0 bridgehead atoms. The SMILES string of the molecule is CONC(=O)[C@@H]1C(Cc2ccnc(N)c2)C(=O)N1C(=O)N[C@@H](C1CCCCC1)C(F)(F)F. The van der Waals surface area contributed by atoms with Crippen molar-refractivity contribution in [3.63, 3.8) is 0 Å². The standard InChI is InChI=1S/C20H26F3N5O4/c1-32-27-17(29)15-13(9-11-7-8-25-14(24)10-11)18(30)28(15)19(31)26-16(20(21,22)23)12-5-3-2-4-6-12/h7-8,10,12-13,15-16H,2-6,9H2,1H3,(H2,24,25)(H,26,31)(H,27,29)/t13?,15-,16-/m0/s1. The third-order valence-corrected chi connectivity index (χ3v) is 5.96. The second-order valence-corrected chi connectivity index (χ2v) is 8.09. The number of carbonyl (C=O) groups excluding carboxylic acids is 3. The number of nitrogen functional groups attached to an aromatic ring is 1. The van der Waals surface area contributed by atoms with E-state index in [0.717, 1.165) is 6.42 Å². The number of hydrogen-bond acceptors (Lipinski definition) is 6. The summed E-state index contributed by atoms with van der Waals surface area (Å²) in [6, 6.07) is -1.54. The van der Waals surface area contributed by atoms with Gasteiger partial charge in [0.25, 0.3) is 5.91 Å². The topological polar surface area (TPSA) is 127 Å². The maximum absolute atomic E-state index is 13.7. The number of urea groups is 1. The molecule has 176 valence electrons. The lowest BCUT2D eigenvalue weighted by molar-refractivity contribution is -0.171. The van der Waals surface area contributed by atoms with Crippen LogP contribution in [0.15, 0.2) is 18.3 Å². The van der Waals surface area contributed by atoms with Gasteiger partial charge in [-0.15, -0.1) is 0 Å². The number of alkyl halides is 3. The van der Waals surface area contributed by atoms with Gasteiger partial charge in [-0.3, -0.25) is 19.3 Å². The minimum Gasteiger partial charge on any atom is -0.384 e. The Kier molecular flexibility index (Phi) is 7.22. The Morgan fingerprint density at radius 1 is 1.31 bits per heavy atom. The summed E-state index contributed by atoms with van der Waals surface area (Å²) in [5.74, 6) is -3.08. The number of imide groups is 1. The van der Waals surface area contributed by atoms with Gasteiger partial charge in [0.2, 0.25) is 5.91 Å². The molecule has 1 aromatic rings. The van der Waals surface area contributed by atoms with Crippen molar-refractivity contribution in [2.75, 3.05) is 12.8 Å². The summed E-state index contributed by atoms with van der Waals surface area (Å²) in [6.07, 6.45) is -0.388. The van der Waals surface area contributed by atoms with Gasteiger partial charge < -0.3 is 11.1 Å². The van der Waals surface area contributed by atoms with Crippen molar-refractivity contribution in [3.8, 4) is 0 Å². The van der Waals surface area contributed by atoms with E-state index in [9.17, 15) is 27.6 Å². The van der Waals surface area contributed by atoms with Crippen LogP contribution in [-0.2, 0) is 20.8 Å². The van der Waals surface area contributed by atoms with Crippen LogP contribution in [0.3, 0.4) is 0 Å². The Morgan fingerprint density at radius 3 is 2.59 bits per heavy atom. The third kappa shape index (κ3) is 5.12. The summed E-state index contributed by atoms with van der Waals surface area (Å²) in [7, 11) is 1.17. The Labute approximate surface area is 182 Å². The third-order valence-electron chi connectivity index (χ3n) is 5.96. The molecule has 0 radical (unpaired) electrons. The van der Waals surface area contributed by atoms with E-state index >= 15 is 0 Å². The molecule has 12 heteroatoms. The molecule has 9 nitrogen and oxygen atoms in total. The number of nitrogens with one attached hydrogen (secondary N) is 2. The van der Waals surface area contributed by atoms with Crippen LogP contribution in [-0.4, -0.2) is 53.1 Å².